The lowest BCUT2D eigenvalue weighted by Gasteiger charge is -2.16. The molecule has 0 amide bonds. The van der Waals surface area contributed by atoms with Gasteiger partial charge in [-0.3, -0.25) is 0 Å². The van der Waals surface area contributed by atoms with Crippen molar-refractivity contribution in [3.8, 4) is 11.5 Å². The largest absolute Gasteiger partial charge is 0.493 e. The molecule has 0 saturated carbocycles. The Morgan fingerprint density at radius 2 is 1.67 bits per heavy atom. The quantitative estimate of drug-likeness (QED) is 0.846. The van der Waals surface area contributed by atoms with Crippen LogP contribution in [0.3, 0.4) is 0 Å². The van der Waals surface area contributed by atoms with E-state index in [1.165, 1.54) is 5.56 Å². The number of aryl methyl sites for hydroxylation is 1. The van der Waals surface area contributed by atoms with Gasteiger partial charge in [0.1, 0.15) is 0 Å². The number of aliphatic hydroxyl groups excluding tert-OH is 1. The Labute approximate surface area is 126 Å². The fraction of sp³-hybridized carbons (Fsp3) is 0.333. The van der Waals surface area contributed by atoms with Crippen LogP contribution < -0.4 is 9.47 Å². The number of hydrogen-bond acceptors (Lipinski definition) is 3. The van der Waals surface area contributed by atoms with Gasteiger partial charge < -0.3 is 14.6 Å². The van der Waals surface area contributed by atoms with E-state index in [-0.39, 0.29) is 12.5 Å². The van der Waals surface area contributed by atoms with Crippen LogP contribution in [0.15, 0.2) is 48.5 Å². The van der Waals surface area contributed by atoms with Gasteiger partial charge in [-0.2, -0.15) is 0 Å². The second-order valence-corrected chi connectivity index (χ2v) is 5.08. The van der Waals surface area contributed by atoms with Crippen molar-refractivity contribution in [2.45, 2.75) is 19.3 Å². The van der Waals surface area contributed by atoms with Crippen molar-refractivity contribution in [3.05, 3.63) is 59.7 Å². The molecule has 21 heavy (non-hydrogen) atoms. The predicted molar refractivity (Wildman–Crippen MR) is 84.1 cm³/mol. The van der Waals surface area contributed by atoms with Crippen LogP contribution in [0.4, 0.5) is 0 Å². The van der Waals surface area contributed by atoms with Crippen molar-refractivity contribution >= 4 is 0 Å². The van der Waals surface area contributed by atoms with Crippen LogP contribution in [0.25, 0.3) is 0 Å². The fourth-order valence-corrected chi connectivity index (χ4v) is 2.25. The summed E-state index contributed by atoms with van der Waals surface area (Å²) in [6.45, 7) is 2.72. The maximum atomic E-state index is 9.57. The molecule has 0 aromatic heterocycles. The first-order valence-corrected chi connectivity index (χ1v) is 7.18. The van der Waals surface area contributed by atoms with Gasteiger partial charge in [0.25, 0.3) is 0 Å². The molecule has 2 aromatic carbocycles. The highest BCUT2D eigenvalue weighted by Crippen LogP contribution is 2.27. The van der Waals surface area contributed by atoms with Gasteiger partial charge in [-0.05, 0) is 31.0 Å². The van der Waals surface area contributed by atoms with Gasteiger partial charge >= 0.3 is 0 Å². The minimum Gasteiger partial charge on any atom is -0.493 e. The second kappa shape index (κ2) is 7.70. The number of aliphatic hydroxyl groups is 1. The van der Waals surface area contributed by atoms with E-state index in [0.717, 1.165) is 23.5 Å². The van der Waals surface area contributed by atoms with Crippen LogP contribution in [-0.4, -0.2) is 25.4 Å². The average molecular weight is 286 g/mol. The molecular weight excluding hydrogens is 264 g/mol. The molecule has 1 unspecified atom stereocenters. The summed E-state index contributed by atoms with van der Waals surface area (Å²) >= 11 is 0. The van der Waals surface area contributed by atoms with Crippen molar-refractivity contribution < 1.29 is 14.6 Å². The zero-order valence-corrected chi connectivity index (χ0v) is 12.6. The number of rotatable bonds is 7. The topological polar surface area (TPSA) is 38.7 Å². The summed E-state index contributed by atoms with van der Waals surface area (Å²) < 4.78 is 11.0. The summed E-state index contributed by atoms with van der Waals surface area (Å²) in [6.07, 6.45) is 0.762. The Bertz CT molecular complexity index is 549. The molecular formula is C18H22O3. The predicted octanol–water partition coefficient (Wildman–Crippen LogP) is 3.55. The molecule has 3 nitrogen and oxygen atoms in total. The van der Waals surface area contributed by atoms with Crippen LogP contribution in [0.5, 0.6) is 11.5 Å². The Morgan fingerprint density at radius 3 is 2.29 bits per heavy atom. The zero-order valence-electron chi connectivity index (χ0n) is 12.6. The smallest absolute Gasteiger partial charge is 0.161 e. The third-order valence-corrected chi connectivity index (χ3v) is 3.56. The SMILES string of the molecule is COc1ccccc1OCCC(CO)c1ccc(C)cc1. The summed E-state index contributed by atoms with van der Waals surface area (Å²) in [4.78, 5) is 0. The van der Waals surface area contributed by atoms with Crippen LogP contribution in [0, 0.1) is 6.92 Å². The highest BCUT2D eigenvalue weighted by molar-refractivity contribution is 5.39. The van der Waals surface area contributed by atoms with Crippen molar-refractivity contribution in [3.63, 3.8) is 0 Å². The molecule has 0 fully saturated rings. The lowest BCUT2D eigenvalue weighted by atomic mass is 9.96. The summed E-state index contributed by atoms with van der Waals surface area (Å²) in [5, 5.41) is 9.57. The van der Waals surface area contributed by atoms with E-state index in [0.29, 0.717) is 6.61 Å². The average Bonchev–Trinajstić information content (AvgIpc) is 2.53. The van der Waals surface area contributed by atoms with Gasteiger partial charge in [-0.25, -0.2) is 0 Å². The van der Waals surface area contributed by atoms with Gasteiger partial charge in [0.2, 0.25) is 0 Å². The summed E-state index contributed by atoms with van der Waals surface area (Å²) in [5.74, 6) is 1.56. The molecule has 0 heterocycles. The first kappa shape index (κ1) is 15.4. The summed E-state index contributed by atoms with van der Waals surface area (Å²) in [5.41, 5.74) is 2.37. The maximum Gasteiger partial charge on any atom is 0.161 e. The lowest BCUT2D eigenvalue weighted by molar-refractivity contribution is 0.225. The Kier molecular flexibility index (Phi) is 5.64. The molecule has 0 spiro atoms. The molecule has 2 rings (SSSR count). The minimum absolute atomic E-state index is 0.0975. The molecule has 0 aliphatic rings. The minimum atomic E-state index is 0.0975. The van der Waals surface area contributed by atoms with E-state index in [1.54, 1.807) is 7.11 Å². The zero-order chi connectivity index (χ0) is 15.1. The number of benzene rings is 2. The van der Waals surface area contributed by atoms with Crippen molar-refractivity contribution in [2.24, 2.45) is 0 Å². The number of hydrogen-bond donors (Lipinski definition) is 1. The Hall–Kier alpha value is -2.00. The number of methoxy groups -OCH3 is 1. The monoisotopic (exact) mass is 286 g/mol. The molecule has 2 aromatic rings. The van der Waals surface area contributed by atoms with Crippen LogP contribution >= 0.6 is 0 Å². The van der Waals surface area contributed by atoms with E-state index in [2.05, 4.69) is 31.2 Å². The third kappa shape index (κ3) is 4.23. The second-order valence-electron chi connectivity index (χ2n) is 5.08. The maximum absolute atomic E-state index is 9.57. The van der Waals surface area contributed by atoms with E-state index in [9.17, 15) is 5.11 Å². The number of para-hydroxylation sites is 2. The Morgan fingerprint density at radius 1 is 1.00 bits per heavy atom. The number of ether oxygens (including phenoxy) is 2. The van der Waals surface area contributed by atoms with E-state index >= 15 is 0 Å². The van der Waals surface area contributed by atoms with Crippen molar-refractivity contribution in [2.75, 3.05) is 20.3 Å². The van der Waals surface area contributed by atoms with Crippen LogP contribution in [0.2, 0.25) is 0 Å². The summed E-state index contributed by atoms with van der Waals surface area (Å²) in [7, 11) is 1.63. The summed E-state index contributed by atoms with van der Waals surface area (Å²) in [6, 6.07) is 15.9. The van der Waals surface area contributed by atoms with Gasteiger partial charge in [0.15, 0.2) is 11.5 Å². The molecule has 3 heteroatoms. The van der Waals surface area contributed by atoms with E-state index in [1.807, 2.05) is 24.3 Å². The molecule has 112 valence electrons. The molecule has 0 radical (unpaired) electrons. The third-order valence-electron chi connectivity index (χ3n) is 3.56. The first-order valence-electron chi connectivity index (χ1n) is 7.18. The van der Waals surface area contributed by atoms with Crippen LogP contribution in [-0.2, 0) is 0 Å². The van der Waals surface area contributed by atoms with Crippen molar-refractivity contribution in [1.29, 1.82) is 0 Å². The molecule has 0 bridgehead atoms. The first-order chi connectivity index (χ1) is 10.2. The van der Waals surface area contributed by atoms with E-state index < -0.39 is 0 Å². The molecule has 0 aliphatic carbocycles. The van der Waals surface area contributed by atoms with Gasteiger partial charge in [-0.15, -0.1) is 0 Å². The van der Waals surface area contributed by atoms with Crippen LogP contribution in [0.1, 0.15) is 23.5 Å². The van der Waals surface area contributed by atoms with Gasteiger partial charge in [-0.1, -0.05) is 42.0 Å². The van der Waals surface area contributed by atoms with E-state index in [4.69, 9.17) is 9.47 Å². The highest BCUT2D eigenvalue weighted by atomic mass is 16.5. The van der Waals surface area contributed by atoms with Gasteiger partial charge in [0.05, 0.1) is 20.3 Å². The normalized spacial score (nSPS) is 12.0. The van der Waals surface area contributed by atoms with Gasteiger partial charge in [0, 0.05) is 5.92 Å². The molecule has 0 saturated heterocycles. The Balaban J connectivity index is 1.93. The van der Waals surface area contributed by atoms with Crippen molar-refractivity contribution in [1.82, 2.24) is 0 Å². The lowest BCUT2D eigenvalue weighted by Crippen LogP contribution is -2.10. The molecule has 0 aliphatic heterocycles. The fourth-order valence-electron chi connectivity index (χ4n) is 2.25. The molecule has 1 N–H and O–H groups in total. The highest BCUT2D eigenvalue weighted by Gasteiger charge is 2.11. The molecule has 1 atom stereocenters. The standard InChI is InChI=1S/C18H22O3/c1-14-7-9-15(10-8-14)16(13-19)11-12-21-18-6-4-3-5-17(18)20-2/h3-10,16,19H,11-13H2,1-2H3.